The van der Waals surface area contributed by atoms with Gasteiger partial charge in [0, 0.05) is 12.7 Å². The van der Waals surface area contributed by atoms with Gasteiger partial charge in [-0.1, -0.05) is 6.07 Å². The summed E-state index contributed by atoms with van der Waals surface area (Å²) in [5, 5.41) is 0. The van der Waals surface area contributed by atoms with Crippen LogP contribution in [0, 0.1) is 0 Å². The van der Waals surface area contributed by atoms with E-state index in [-0.39, 0.29) is 0 Å². The molecule has 1 aromatic rings. The van der Waals surface area contributed by atoms with Crippen LogP contribution in [-0.2, 0) is 11.3 Å². The summed E-state index contributed by atoms with van der Waals surface area (Å²) >= 11 is 0. The Kier molecular flexibility index (Phi) is 4.13. The first kappa shape index (κ1) is 10.7. The minimum absolute atomic E-state index is 0.445. The number of rotatable bonds is 5. The number of carbonyl (C=O) groups excluding carboxylic acids is 1. The zero-order valence-electron chi connectivity index (χ0n) is 8.45. The van der Waals surface area contributed by atoms with E-state index in [0.29, 0.717) is 18.8 Å². The normalized spacial score (nSPS) is 9.86. The average Bonchev–Trinajstić information content (AvgIpc) is 2.21. The van der Waals surface area contributed by atoms with Crippen LogP contribution >= 0.6 is 0 Å². The van der Waals surface area contributed by atoms with Crippen molar-refractivity contribution < 1.29 is 14.3 Å². The number of hydrogen-bond donors (Lipinski definition) is 0. The van der Waals surface area contributed by atoms with Gasteiger partial charge in [-0.05, 0) is 24.6 Å². The van der Waals surface area contributed by atoms with Crippen molar-refractivity contribution in [3.63, 3.8) is 0 Å². The van der Waals surface area contributed by atoms with Crippen LogP contribution in [-0.4, -0.2) is 20.0 Å². The molecule has 3 nitrogen and oxygen atoms in total. The highest BCUT2D eigenvalue weighted by Gasteiger charge is 2.03. The summed E-state index contributed by atoms with van der Waals surface area (Å²) in [5.41, 5.74) is 1.50. The van der Waals surface area contributed by atoms with Crippen LogP contribution < -0.4 is 4.74 Å². The Labute approximate surface area is 83.6 Å². The van der Waals surface area contributed by atoms with Crippen LogP contribution in [0.25, 0.3) is 0 Å². The topological polar surface area (TPSA) is 35.5 Å². The average molecular weight is 194 g/mol. The summed E-state index contributed by atoms with van der Waals surface area (Å²) in [4.78, 5) is 10.7. The number of methoxy groups -OCH3 is 1. The third kappa shape index (κ3) is 2.57. The predicted octanol–water partition coefficient (Wildman–Crippen LogP) is 2.04. The molecule has 0 saturated carbocycles. The largest absolute Gasteiger partial charge is 0.494 e. The van der Waals surface area contributed by atoms with E-state index in [0.717, 1.165) is 17.6 Å². The second-order valence-corrected chi connectivity index (χ2v) is 2.84. The summed E-state index contributed by atoms with van der Waals surface area (Å²) in [5.74, 6) is 0.717. The number of benzene rings is 1. The van der Waals surface area contributed by atoms with Gasteiger partial charge >= 0.3 is 0 Å². The molecular weight excluding hydrogens is 180 g/mol. The Bertz CT molecular complexity index is 307. The summed E-state index contributed by atoms with van der Waals surface area (Å²) < 4.78 is 10.3. The molecule has 1 rings (SSSR count). The lowest BCUT2D eigenvalue weighted by atomic mass is 10.1. The molecule has 0 aliphatic rings. The van der Waals surface area contributed by atoms with E-state index in [1.807, 2.05) is 19.1 Å². The van der Waals surface area contributed by atoms with Gasteiger partial charge in [0.15, 0.2) is 6.29 Å². The fourth-order valence-electron chi connectivity index (χ4n) is 1.23. The van der Waals surface area contributed by atoms with Crippen LogP contribution in [0.4, 0.5) is 0 Å². The molecule has 0 unspecified atom stereocenters. The molecule has 0 radical (unpaired) electrons. The van der Waals surface area contributed by atoms with Gasteiger partial charge < -0.3 is 9.47 Å². The lowest BCUT2D eigenvalue weighted by Crippen LogP contribution is -1.97. The van der Waals surface area contributed by atoms with Crippen LogP contribution in [0.1, 0.15) is 22.8 Å². The zero-order chi connectivity index (χ0) is 10.4. The molecule has 0 spiro atoms. The number of hydrogen-bond acceptors (Lipinski definition) is 3. The van der Waals surface area contributed by atoms with E-state index < -0.39 is 0 Å². The lowest BCUT2D eigenvalue weighted by molar-refractivity contribution is 0.111. The third-order valence-electron chi connectivity index (χ3n) is 1.86. The zero-order valence-corrected chi connectivity index (χ0v) is 8.45. The van der Waals surface area contributed by atoms with E-state index in [2.05, 4.69) is 0 Å². The predicted molar refractivity (Wildman–Crippen MR) is 53.7 cm³/mol. The first-order valence-corrected chi connectivity index (χ1v) is 4.51. The Morgan fingerprint density at radius 1 is 1.43 bits per heavy atom. The molecule has 0 bridgehead atoms. The van der Waals surface area contributed by atoms with Crippen LogP contribution in [0.3, 0.4) is 0 Å². The molecule has 0 aliphatic heterocycles. The molecule has 0 aliphatic carbocycles. The van der Waals surface area contributed by atoms with E-state index in [1.165, 1.54) is 0 Å². The molecule has 0 atom stereocenters. The van der Waals surface area contributed by atoms with Gasteiger partial charge in [-0.15, -0.1) is 0 Å². The first-order valence-electron chi connectivity index (χ1n) is 4.51. The minimum Gasteiger partial charge on any atom is -0.494 e. The smallest absolute Gasteiger partial charge is 0.150 e. The Morgan fingerprint density at radius 2 is 2.21 bits per heavy atom. The fraction of sp³-hybridized carbons (Fsp3) is 0.364. The molecule has 0 fully saturated rings. The summed E-state index contributed by atoms with van der Waals surface area (Å²) in [6.07, 6.45) is 0.816. The van der Waals surface area contributed by atoms with Crippen molar-refractivity contribution in [2.45, 2.75) is 13.5 Å². The molecule has 3 heteroatoms. The van der Waals surface area contributed by atoms with Crippen LogP contribution in [0.5, 0.6) is 5.75 Å². The van der Waals surface area contributed by atoms with Gasteiger partial charge in [-0.25, -0.2) is 0 Å². The Hall–Kier alpha value is -1.35. The van der Waals surface area contributed by atoms with Crippen molar-refractivity contribution >= 4 is 6.29 Å². The van der Waals surface area contributed by atoms with Crippen LogP contribution in [0.2, 0.25) is 0 Å². The van der Waals surface area contributed by atoms with Gasteiger partial charge in [0.25, 0.3) is 0 Å². The lowest BCUT2D eigenvalue weighted by Gasteiger charge is -2.07. The second-order valence-electron chi connectivity index (χ2n) is 2.84. The number of carbonyl (C=O) groups is 1. The van der Waals surface area contributed by atoms with E-state index in [4.69, 9.17) is 9.47 Å². The highest BCUT2D eigenvalue weighted by molar-refractivity contribution is 5.78. The van der Waals surface area contributed by atoms with Gasteiger partial charge in [-0.3, -0.25) is 4.79 Å². The van der Waals surface area contributed by atoms with Crippen molar-refractivity contribution in [2.24, 2.45) is 0 Å². The molecule has 1 aromatic carbocycles. The van der Waals surface area contributed by atoms with Crippen molar-refractivity contribution in [3.8, 4) is 5.75 Å². The molecule has 0 N–H and O–H groups in total. The van der Waals surface area contributed by atoms with Crippen molar-refractivity contribution in [1.29, 1.82) is 0 Å². The Balaban J connectivity index is 2.92. The standard InChI is InChI=1S/C11H14O3/c1-3-14-11-5-4-9(8-13-2)10(6-11)7-12/h4-7H,3,8H2,1-2H3. The summed E-state index contributed by atoms with van der Waals surface area (Å²) in [7, 11) is 1.60. The van der Waals surface area contributed by atoms with Gasteiger partial charge in [0.05, 0.1) is 13.2 Å². The van der Waals surface area contributed by atoms with Crippen LogP contribution in [0.15, 0.2) is 18.2 Å². The Morgan fingerprint density at radius 3 is 2.79 bits per heavy atom. The molecule has 0 amide bonds. The van der Waals surface area contributed by atoms with Crippen molar-refractivity contribution in [2.75, 3.05) is 13.7 Å². The first-order chi connectivity index (χ1) is 6.81. The number of ether oxygens (including phenoxy) is 2. The van der Waals surface area contributed by atoms with E-state index in [1.54, 1.807) is 13.2 Å². The third-order valence-corrected chi connectivity index (χ3v) is 1.86. The SMILES string of the molecule is CCOc1ccc(COC)c(C=O)c1. The maximum absolute atomic E-state index is 10.7. The summed E-state index contributed by atoms with van der Waals surface area (Å²) in [6, 6.07) is 5.41. The fourth-order valence-corrected chi connectivity index (χ4v) is 1.23. The van der Waals surface area contributed by atoms with Crippen molar-refractivity contribution in [3.05, 3.63) is 29.3 Å². The maximum atomic E-state index is 10.7. The second kappa shape index (κ2) is 5.40. The molecule has 0 heterocycles. The minimum atomic E-state index is 0.445. The van der Waals surface area contributed by atoms with Gasteiger partial charge in [0.1, 0.15) is 5.75 Å². The highest BCUT2D eigenvalue weighted by Crippen LogP contribution is 2.17. The van der Waals surface area contributed by atoms with E-state index >= 15 is 0 Å². The molecule has 14 heavy (non-hydrogen) atoms. The van der Waals surface area contributed by atoms with Crippen molar-refractivity contribution in [1.82, 2.24) is 0 Å². The van der Waals surface area contributed by atoms with Gasteiger partial charge in [0.2, 0.25) is 0 Å². The maximum Gasteiger partial charge on any atom is 0.150 e. The molecular formula is C11H14O3. The van der Waals surface area contributed by atoms with E-state index in [9.17, 15) is 4.79 Å². The monoisotopic (exact) mass is 194 g/mol. The van der Waals surface area contributed by atoms with Gasteiger partial charge in [-0.2, -0.15) is 0 Å². The number of aldehydes is 1. The molecule has 0 saturated heterocycles. The highest BCUT2D eigenvalue weighted by atomic mass is 16.5. The molecule has 0 aromatic heterocycles. The molecule has 76 valence electrons. The summed E-state index contributed by atoms with van der Waals surface area (Å²) in [6.45, 7) is 2.95. The quantitative estimate of drug-likeness (QED) is 0.673.